The van der Waals surface area contributed by atoms with Crippen LogP contribution in [-0.2, 0) is 21.4 Å². The van der Waals surface area contributed by atoms with Crippen LogP contribution in [0, 0.1) is 5.92 Å². The highest BCUT2D eigenvalue weighted by Crippen LogP contribution is 2.03. The molecule has 0 fully saturated rings. The summed E-state index contributed by atoms with van der Waals surface area (Å²) in [5, 5.41) is 11.0. The maximum atomic E-state index is 10.9. The number of benzene rings is 1. The number of sulfonamides is 1. The summed E-state index contributed by atoms with van der Waals surface area (Å²) in [5.41, 5.74) is 1.14. The van der Waals surface area contributed by atoms with Crippen LogP contribution in [0.15, 0.2) is 35.3 Å². The van der Waals surface area contributed by atoms with E-state index in [4.69, 9.17) is 9.88 Å². The molecule has 1 aromatic rings. The van der Waals surface area contributed by atoms with Gasteiger partial charge in [0.05, 0.1) is 19.0 Å². The Balaban J connectivity index is 0.00000576. The summed E-state index contributed by atoms with van der Waals surface area (Å²) in [7, 11) is -3.47. The summed E-state index contributed by atoms with van der Waals surface area (Å²) < 4.78 is 27.6. The number of nitrogens with two attached hydrogens (primary N) is 1. The molecule has 0 aromatic heterocycles. The largest absolute Gasteiger partial charge is 0.376 e. The molecular weight excluding hydrogens is 455 g/mol. The summed E-state index contributed by atoms with van der Waals surface area (Å²) >= 11 is 0. The second kappa shape index (κ2) is 13.3. The molecule has 0 heterocycles. The zero-order valence-electron chi connectivity index (χ0n) is 14.8. The number of nitrogens with one attached hydrogen (secondary N) is 2. The van der Waals surface area contributed by atoms with Crippen LogP contribution in [0.5, 0.6) is 0 Å². The monoisotopic (exact) mass is 484 g/mol. The van der Waals surface area contributed by atoms with Crippen LogP contribution in [0.3, 0.4) is 0 Å². The number of halogens is 1. The standard InChI is InChI=1S/C16H28N4O3S.HI/c1-3-18-16(19-9-10-24(17,21)22)20-11-14(2)12-23-13-15-7-5-4-6-8-15;/h4-8,14H,3,9-13H2,1-2H3,(H2,17,21,22)(H2,18,19,20);1H. The molecule has 7 nitrogen and oxygen atoms in total. The lowest BCUT2D eigenvalue weighted by Gasteiger charge is -2.13. The average Bonchev–Trinajstić information content (AvgIpc) is 2.52. The van der Waals surface area contributed by atoms with E-state index in [1.807, 2.05) is 37.3 Å². The third-order valence-corrected chi connectivity index (χ3v) is 3.87. The van der Waals surface area contributed by atoms with E-state index in [1.165, 1.54) is 0 Å². The Kier molecular flexibility index (Phi) is 12.8. The molecule has 0 radical (unpaired) electrons. The Morgan fingerprint density at radius 1 is 1.28 bits per heavy atom. The van der Waals surface area contributed by atoms with Gasteiger partial charge in [0, 0.05) is 19.6 Å². The predicted octanol–water partition coefficient (Wildman–Crippen LogP) is 1.30. The van der Waals surface area contributed by atoms with E-state index in [0.717, 1.165) is 5.56 Å². The molecule has 0 amide bonds. The zero-order chi connectivity index (χ0) is 17.8. The van der Waals surface area contributed by atoms with Crippen molar-refractivity contribution >= 4 is 40.0 Å². The first kappa shape index (κ1) is 24.1. The molecule has 1 aromatic carbocycles. The van der Waals surface area contributed by atoms with Gasteiger partial charge in [0.1, 0.15) is 0 Å². The van der Waals surface area contributed by atoms with E-state index in [9.17, 15) is 8.42 Å². The van der Waals surface area contributed by atoms with Gasteiger partial charge in [-0.3, -0.25) is 4.99 Å². The van der Waals surface area contributed by atoms with E-state index in [1.54, 1.807) is 0 Å². The van der Waals surface area contributed by atoms with Crippen LogP contribution in [0.2, 0.25) is 0 Å². The van der Waals surface area contributed by atoms with E-state index < -0.39 is 10.0 Å². The fourth-order valence-corrected chi connectivity index (χ4v) is 2.29. The average molecular weight is 484 g/mol. The molecule has 25 heavy (non-hydrogen) atoms. The molecule has 0 bridgehead atoms. The summed E-state index contributed by atoms with van der Waals surface area (Å²) in [6, 6.07) is 10.0. The van der Waals surface area contributed by atoms with E-state index in [2.05, 4.69) is 22.5 Å². The lowest BCUT2D eigenvalue weighted by atomic mass is 10.2. The maximum Gasteiger partial charge on any atom is 0.210 e. The minimum atomic E-state index is -3.47. The van der Waals surface area contributed by atoms with Gasteiger partial charge in [-0.2, -0.15) is 0 Å². The molecule has 0 saturated carbocycles. The third kappa shape index (κ3) is 13.0. The van der Waals surface area contributed by atoms with Crippen LogP contribution < -0.4 is 15.8 Å². The molecule has 1 rings (SSSR count). The molecule has 144 valence electrons. The quantitative estimate of drug-likeness (QED) is 0.264. The fourth-order valence-electron chi connectivity index (χ4n) is 1.91. The van der Waals surface area contributed by atoms with E-state index in [-0.39, 0.29) is 42.2 Å². The number of ether oxygens (including phenoxy) is 1. The second-order valence-corrected chi connectivity index (χ2v) is 7.35. The Bertz CT molecular complexity index is 597. The molecular formula is C16H29IN4O3S. The molecule has 1 atom stereocenters. The van der Waals surface area contributed by atoms with Crippen molar-refractivity contribution in [3.63, 3.8) is 0 Å². The highest BCUT2D eigenvalue weighted by atomic mass is 127. The molecule has 0 aliphatic heterocycles. The van der Waals surface area contributed by atoms with Gasteiger partial charge < -0.3 is 15.4 Å². The number of guanidine groups is 1. The van der Waals surface area contributed by atoms with E-state index >= 15 is 0 Å². The number of rotatable bonds is 10. The number of primary sulfonamides is 1. The Morgan fingerprint density at radius 3 is 2.56 bits per heavy atom. The molecule has 0 saturated heterocycles. The van der Waals surface area contributed by atoms with E-state index in [0.29, 0.717) is 32.3 Å². The van der Waals surface area contributed by atoms with Crippen LogP contribution in [0.25, 0.3) is 0 Å². The predicted molar refractivity (Wildman–Crippen MR) is 113 cm³/mol. The highest BCUT2D eigenvalue weighted by Gasteiger charge is 2.05. The number of hydrogen-bond acceptors (Lipinski definition) is 4. The first-order valence-corrected chi connectivity index (χ1v) is 9.76. The van der Waals surface area contributed by atoms with Crippen molar-refractivity contribution in [3.05, 3.63) is 35.9 Å². The van der Waals surface area contributed by atoms with Gasteiger partial charge in [-0.25, -0.2) is 13.6 Å². The van der Waals surface area contributed by atoms with Crippen LogP contribution >= 0.6 is 24.0 Å². The van der Waals surface area contributed by atoms with Crippen molar-refractivity contribution in [2.24, 2.45) is 16.0 Å². The van der Waals surface area contributed by atoms with Crippen molar-refractivity contribution in [3.8, 4) is 0 Å². The number of aliphatic imine (C=N–C) groups is 1. The SMILES string of the molecule is CCNC(=NCC(C)COCc1ccccc1)NCCS(N)(=O)=O.I. The normalized spacial score (nSPS) is 13.0. The van der Waals surface area contributed by atoms with Crippen molar-refractivity contribution < 1.29 is 13.2 Å². The maximum absolute atomic E-state index is 10.9. The van der Waals surface area contributed by atoms with Crippen LogP contribution in [-0.4, -0.2) is 46.4 Å². The van der Waals surface area contributed by atoms with Gasteiger partial charge in [-0.05, 0) is 18.4 Å². The Labute approximate surface area is 167 Å². The topological polar surface area (TPSA) is 106 Å². The van der Waals surface area contributed by atoms with Gasteiger partial charge in [-0.1, -0.05) is 37.3 Å². The molecule has 4 N–H and O–H groups in total. The van der Waals surface area contributed by atoms with Crippen molar-refractivity contribution in [2.75, 3.05) is 32.0 Å². The third-order valence-electron chi connectivity index (χ3n) is 3.10. The van der Waals surface area contributed by atoms with Gasteiger partial charge in [0.25, 0.3) is 0 Å². The second-order valence-electron chi connectivity index (χ2n) is 5.62. The van der Waals surface area contributed by atoms with Crippen molar-refractivity contribution in [2.45, 2.75) is 20.5 Å². The van der Waals surface area contributed by atoms with Crippen LogP contribution in [0.4, 0.5) is 0 Å². The molecule has 1 unspecified atom stereocenters. The minimum Gasteiger partial charge on any atom is -0.376 e. The Hall–Kier alpha value is -0.910. The molecule has 9 heteroatoms. The smallest absolute Gasteiger partial charge is 0.210 e. The summed E-state index contributed by atoms with van der Waals surface area (Å²) in [5.74, 6) is 0.700. The van der Waals surface area contributed by atoms with Gasteiger partial charge >= 0.3 is 0 Å². The van der Waals surface area contributed by atoms with Crippen molar-refractivity contribution in [1.82, 2.24) is 10.6 Å². The van der Waals surface area contributed by atoms with Gasteiger partial charge in [-0.15, -0.1) is 24.0 Å². The lowest BCUT2D eigenvalue weighted by Crippen LogP contribution is -2.40. The van der Waals surface area contributed by atoms with Gasteiger partial charge in [0.15, 0.2) is 5.96 Å². The molecule has 0 aliphatic rings. The Morgan fingerprint density at radius 2 is 1.96 bits per heavy atom. The summed E-state index contributed by atoms with van der Waals surface area (Å²) in [6.45, 7) is 6.70. The first-order valence-electron chi connectivity index (χ1n) is 8.05. The molecule has 0 aliphatic carbocycles. The fraction of sp³-hybridized carbons (Fsp3) is 0.562. The first-order chi connectivity index (χ1) is 11.4. The lowest BCUT2D eigenvalue weighted by molar-refractivity contribution is 0.0945. The zero-order valence-corrected chi connectivity index (χ0v) is 17.9. The summed E-state index contributed by atoms with van der Waals surface area (Å²) in [6.07, 6.45) is 0. The van der Waals surface area contributed by atoms with Crippen LogP contribution in [0.1, 0.15) is 19.4 Å². The summed E-state index contributed by atoms with van der Waals surface area (Å²) in [4.78, 5) is 4.44. The highest BCUT2D eigenvalue weighted by molar-refractivity contribution is 14.0. The molecule has 0 spiro atoms. The number of hydrogen-bond donors (Lipinski definition) is 3. The van der Waals surface area contributed by atoms with Crippen molar-refractivity contribution in [1.29, 1.82) is 0 Å². The van der Waals surface area contributed by atoms with Gasteiger partial charge in [0.2, 0.25) is 10.0 Å². The minimum absolute atomic E-state index is 0. The number of nitrogens with zero attached hydrogens (tertiary/aromatic N) is 1.